The van der Waals surface area contributed by atoms with Gasteiger partial charge in [-0.3, -0.25) is 4.79 Å². The number of rotatable bonds is 2. The van der Waals surface area contributed by atoms with Crippen LogP contribution in [0.5, 0.6) is 0 Å². The summed E-state index contributed by atoms with van der Waals surface area (Å²) in [5, 5.41) is 3.02. The molecule has 0 radical (unpaired) electrons. The van der Waals surface area contributed by atoms with Gasteiger partial charge < -0.3 is 4.57 Å². The van der Waals surface area contributed by atoms with E-state index in [4.69, 9.17) is 5.53 Å². The van der Waals surface area contributed by atoms with Crippen molar-refractivity contribution in [2.75, 3.05) is 0 Å². The van der Waals surface area contributed by atoms with E-state index in [2.05, 4.69) is 10.0 Å². The average Bonchev–Trinajstić information content (AvgIpc) is 2.83. The molecule has 78 valence electrons. The zero-order valence-corrected chi connectivity index (χ0v) is 8.32. The highest BCUT2D eigenvalue weighted by Crippen LogP contribution is 2.10. The number of carbonyl (C=O) groups excluding carboxylic acids is 1. The average molecular weight is 212 g/mol. The van der Waals surface area contributed by atoms with Crippen LogP contribution in [-0.4, -0.2) is 10.5 Å². The number of benzene rings is 1. The van der Waals surface area contributed by atoms with Crippen molar-refractivity contribution in [1.29, 1.82) is 0 Å². The van der Waals surface area contributed by atoms with Gasteiger partial charge in [0.05, 0.1) is 0 Å². The molecule has 2 rings (SSSR count). The fourth-order valence-electron chi connectivity index (χ4n) is 1.38. The number of azide groups is 1. The van der Waals surface area contributed by atoms with Crippen LogP contribution in [0.1, 0.15) is 10.4 Å². The summed E-state index contributed by atoms with van der Waals surface area (Å²) in [4.78, 5) is 13.7. The summed E-state index contributed by atoms with van der Waals surface area (Å²) in [6, 6.07) is 10.7. The van der Waals surface area contributed by atoms with Gasteiger partial charge in [-0.25, -0.2) is 0 Å². The summed E-state index contributed by atoms with van der Waals surface area (Å²) in [5.74, 6) is -0.568. The summed E-state index contributed by atoms with van der Waals surface area (Å²) in [7, 11) is 0. The Hall–Kier alpha value is -2.52. The maximum atomic E-state index is 11.2. The van der Waals surface area contributed by atoms with E-state index in [1.54, 1.807) is 24.3 Å². The molecule has 16 heavy (non-hydrogen) atoms. The molecule has 0 N–H and O–H groups in total. The minimum absolute atomic E-state index is 0.383. The Balaban J connectivity index is 2.30. The largest absolute Gasteiger partial charge is 0.324 e. The Kier molecular flexibility index (Phi) is 2.71. The highest BCUT2D eigenvalue weighted by Gasteiger charge is 2.02. The van der Waals surface area contributed by atoms with E-state index in [1.165, 1.54) is 0 Å². The third-order valence-electron chi connectivity index (χ3n) is 2.15. The first kappa shape index (κ1) is 10.0. The van der Waals surface area contributed by atoms with Crippen LogP contribution < -0.4 is 0 Å². The number of carbonyl (C=O) groups is 1. The number of hydrogen-bond acceptors (Lipinski definition) is 1. The molecule has 5 heteroatoms. The van der Waals surface area contributed by atoms with Crippen LogP contribution >= 0.6 is 0 Å². The summed E-state index contributed by atoms with van der Waals surface area (Å²) in [6.07, 6.45) is 3.81. The Bertz CT molecular complexity index is 536. The van der Waals surface area contributed by atoms with Crippen LogP contribution in [0, 0.1) is 0 Å². The second-order valence-electron chi connectivity index (χ2n) is 3.13. The van der Waals surface area contributed by atoms with E-state index in [-0.39, 0.29) is 0 Å². The first-order chi connectivity index (χ1) is 7.81. The number of amides is 1. The molecule has 1 aromatic heterocycles. The zero-order chi connectivity index (χ0) is 11.4. The van der Waals surface area contributed by atoms with Crippen LogP contribution in [0.3, 0.4) is 0 Å². The van der Waals surface area contributed by atoms with Crippen molar-refractivity contribution in [3.63, 3.8) is 0 Å². The molecule has 0 aliphatic carbocycles. The van der Waals surface area contributed by atoms with Crippen LogP contribution in [-0.2, 0) is 0 Å². The lowest BCUT2D eigenvalue weighted by atomic mass is 10.2. The van der Waals surface area contributed by atoms with E-state index in [9.17, 15) is 4.79 Å². The minimum Gasteiger partial charge on any atom is -0.324 e. The van der Waals surface area contributed by atoms with Crippen LogP contribution in [0.15, 0.2) is 53.9 Å². The summed E-state index contributed by atoms with van der Waals surface area (Å²) >= 11 is 0. The van der Waals surface area contributed by atoms with Crippen molar-refractivity contribution >= 4 is 5.91 Å². The molecule has 0 unspecified atom stereocenters. The van der Waals surface area contributed by atoms with Gasteiger partial charge in [0, 0.05) is 28.6 Å². The van der Waals surface area contributed by atoms with Crippen molar-refractivity contribution in [3.05, 3.63) is 64.8 Å². The highest BCUT2D eigenvalue weighted by atomic mass is 16.1. The van der Waals surface area contributed by atoms with Gasteiger partial charge in [0.1, 0.15) is 0 Å². The number of aromatic nitrogens is 1. The maximum absolute atomic E-state index is 11.2. The van der Waals surface area contributed by atoms with Crippen molar-refractivity contribution in [2.45, 2.75) is 0 Å². The number of hydrogen-bond donors (Lipinski definition) is 0. The zero-order valence-electron chi connectivity index (χ0n) is 8.32. The molecule has 0 fully saturated rings. The minimum atomic E-state index is -0.568. The molecule has 0 saturated carbocycles. The van der Waals surface area contributed by atoms with Crippen molar-refractivity contribution in [2.24, 2.45) is 5.11 Å². The lowest BCUT2D eigenvalue weighted by Gasteiger charge is -2.02. The Labute approximate surface area is 91.6 Å². The van der Waals surface area contributed by atoms with E-state index in [0.29, 0.717) is 5.56 Å². The topological polar surface area (TPSA) is 70.8 Å². The van der Waals surface area contributed by atoms with Crippen molar-refractivity contribution in [3.8, 4) is 5.69 Å². The fraction of sp³-hybridized carbons (Fsp3) is 0. The monoisotopic (exact) mass is 212 g/mol. The van der Waals surface area contributed by atoms with Gasteiger partial charge >= 0.3 is 0 Å². The molecular formula is C11H8N4O. The summed E-state index contributed by atoms with van der Waals surface area (Å²) in [5.41, 5.74) is 9.47. The van der Waals surface area contributed by atoms with Crippen molar-refractivity contribution in [1.82, 2.24) is 4.57 Å². The number of nitrogens with zero attached hydrogens (tertiary/aromatic N) is 4. The molecule has 2 aromatic rings. The quantitative estimate of drug-likeness (QED) is 0.428. The molecule has 1 heterocycles. The lowest BCUT2D eigenvalue weighted by molar-refractivity contribution is 0.100. The third-order valence-corrected chi connectivity index (χ3v) is 2.15. The molecule has 0 aliphatic heterocycles. The van der Waals surface area contributed by atoms with Gasteiger partial charge in [0.2, 0.25) is 5.91 Å². The first-order valence-corrected chi connectivity index (χ1v) is 4.64. The van der Waals surface area contributed by atoms with Gasteiger partial charge in [0.15, 0.2) is 0 Å². The molecule has 0 saturated heterocycles. The van der Waals surface area contributed by atoms with Gasteiger partial charge in [-0.1, -0.05) is 0 Å². The van der Waals surface area contributed by atoms with Crippen molar-refractivity contribution < 1.29 is 4.79 Å². The highest BCUT2D eigenvalue weighted by molar-refractivity contribution is 5.94. The summed E-state index contributed by atoms with van der Waals surface area (Å²) in [6.45, 7) is 0. The van der Waals surface area contributed by atoms with Gasteiger partial charge in [0.25, 0.3) is 0 Å². The molecule has 1 aromatic carbocycles. The molecule has 5 nitrogen and oxygen atoms in total. The lowest BCUT2D eigenvalue weighted by Crippen LogP contribution is -1.95. The molecule has 1 amide bonds. The second kappa shape index (κ2) is 4.33. The van der Waals surface area contributed by atoms with E-state index in [0.717, 1.165) is 5.69 Å². The standard InChI is InChI=1S/C11H8N4O/c12-14-13-11(16)9-3-5-10(6-4-9)15-7-1-2-8-15/h1-8H. The van der Waals surface area contributed by atoms with Crippen LogP contribution in [0.4, 0.5) is 0 Å². The summed E-state index contributed by atoms with van der Waals surface area (Å²) < 4.78 is 1.92. The first-order valence-electron chi connectivity index (χ1n) is 4.64. The second-order valence-corrected chi connectivity index (χ2v) is 3.13. The third kappa shape index (κ3) is 1.94. The van der Waals surface area contributed by atoms with Gasteiger partial charge in [-0.05, 0) is 47.0 Å². The fourth-order valence-corrected chi connectivity index (χ4v) is 1.38. The van der Waals surface area contributed by atoms with Crippen LogP contribution in [0.25, 0.3) is 16.1 Å². The van der Waals surface area contributed by atoms with Gasteiger partial charge in [-0.2, -0.15) is 0 Å². The predicted octanol–water partition coefficient (Wildman–Crippen LogP) is 2.93. The molecule has 0 atom stereocenters. The normalized spacial score (nSPS) is 9.50. The smallest absolute Gasteiger partial charge is 0.249 e. The molecule has 0 aliphatic rings. The Morgan fingerprint density at radius 3 is 2.38 bits per heavy atom. The molecule has 0 spiro atoms. The Morgan fingerprint density at radius 2 is 1.81 bits per heavy atom. The molecule has 0 bridgehead atoms. The van der Waals surface area contributed by atoms with Gasteiger partial charge in [-0.15, -0.1) is 0 Å². The van der Waals surface area contributed by atoms with E-state index >= 15 is 0 Å². The van der Waals surface area contributed by atoms with E-state index in [1.807, 2.05) is 29.1 Å². The Morgan fingerprint density at radius 1 is 1.19 bits per heavy atom. The maximum Gasteiger partial charge on any atom is 0.249 e. The predicted molar refractivity (Wildman–Crippen MR) is 59.2 cm³/mol. The van der Waals surface area contributed by atoms with Crippen LogP contribution in [0.2, 0.25) is 0 Å². The van der Waals surface area contributed by atoms with E-state index < -0.39 is 5.91 Å². The SMILES string of the molecule is [N-]=[N+]=NC(=O)c1ccc(-n2cccc2)cc1. The molecular weight excluding hydrogens is 204 g/mol.